The van der Waals surface area contributed by atoms with E-state index in [1.54, 1.807) is 6.07 Å². The minimum atomic E-state index is -3.76. The van der Waals surface area contributed by atoms with Crippen LogP contribution >= 0.6 is 0 Å². The van der Waals surface area contributed by atoms with E-state index in [1.807, 2.05) is 10.2 Å². The number of nitrogens with one attached hydrogen (secondary N) is 2. The molecule has 29 heavy (non-hydrogen) atoms. The molecule has 2 N–H and O–H groups in total. The van der Waals surface area contributed by atoms with Gasteiger partial charge in [-0.05, 0) is 38.0 Å². The summed E-state index contributed by atoms with van der Waals surface area (Å²) in [6.45, 7) is 2.78. The summed E-state index contributed by atoms with van der Waals surface area (Å²) in [5.74, 6) is -1.64. The van der Waals surface area contributed by atoms with Gasteiger partial charge in [0, 0.05) is 34.2 Å². The lowest BCUT2D eigenvalue weighted by Crippen LogP contribution is -2.43. The van der Waals surface area contributed by atoms with Gasteiger partial charge in [-0.1, -0.05) is 0 Å². The number of esters is 1. The minimum Gasteiger partial charge on any atom is -0.449 e. The predicted molar refractivity (Wildman–Crippen MR) is 106 cm³/mol. The molecule has 2 rings (SSSR count). The van der Waals surface area contributed by atoms with E-state index in [0.29, 0.717) is 5.69 Å². The Morgan fingerprint density at radius 1 is 1.17 bits per heavy atom. The fraction of sp³-hybridized carbons (Fsp3) is 0.500. The normalized spacial score (nSPS) is 15.1. The zero-order valence-electron chi connectivity index (χ0n) is 16.9. The number of ether oxygens (including phenoxy) is 1. The van der Waals surface area contributed by atoms with Crippen LogP contribution in [-0.2, 0) is 19.6 Å². The second kappa shape index (κ2) is 9.23. The van der Waals surface area contributed by atoms with Crippen LogP contribution in [-0.4, -0.2) is 71.0 Å². The van der Waals surface area contributed by atoms with Gasteiger partial charge in [-0.2, -0.15) is 0 Å². The SMILES string of the molecule is CNC(=O)NC(=O)[C@H](C)OC(=O)c1cc(S(=O)(=O)N(C)C)ccc1N1CCCC1. The standard InChI is InChI=1S/C18H26N4O6S/c1-12(16(23)20-18(25)19-2)28-17(24)14-11-13(29(26,27)21(3)4)7-8-15(14)22-9-5-6-10-22/h7-8,11-12H,5-6,9-10H2,1-4H3,(H2,19,20,23,25)/t12-/m0/s1. The van der Waals surface area contributed by atoms with Gasteiger partial charge in [-0.15, -0.1) is 0 Å². The molecular formula is C18H26N4O6S. The molecule has 1 aliphatic heterocycles. The number of benzene rings is 1. The molecule has 0 aliphatic carbocycles. The van der Waals surface area contributed by atoms with E-state index < -0.39 is 34.0 Å². The van der Waals surface area contributed by atoms with Crippen LogP contribution in [0.25, 0.3) is 0 Å². The number of sulfonamides is 1. The fourth-order valence-corrected chi connectivity index (χ4v) is 3.77. The first-order valence-electron chi connectivity index (χ1n) is 9.13. The number of amides is 3. The molecule has 0 aromatic heterocycles. The Morgan fingerprint density at radius 2 is 1.79 bits per heavy atom. The van der Waals surface area contributed by atoms with E-state index in [1.165, 1.54) is 40.2 Å². The van der Waals surface area contributed by atoms with Gasteiger partial charge in [-0.25, -0.2) is 22.3 Å². The third kappa shape index (κ3) is 5.24. The minimum absolute atomic E-state index is 0.0504. The first kappa shape index (κ1) is 22.6. The molecule has 1 atom stereocenters. The molecule has 1 fully saturated rings. The van der Waals surface area contributed by atoms with Crippen molar-refractivity contribution in [3.63, 3.8) is 0 Å². The maximum absolute atomic E-state index is 12.8. The summed E-state index contributed by atoms with van der Waals surface area (Å²) in [5, 5.41) is 4.25. The molecule has 0 saturated carbocycles. The van der Waals surface area contributed by atoms with E-state index >= 15 is 0 Å². The Balaban J connectivity index is 2.35. The van der Waals surface area contributed by atoms with Crippen LogP contribution in [0.4, 0.5) is 10.5 Å². The van der Waals surface area contributed by atoms with Crippen molar-refractivity contribution in [3.05, 3.63) is 23.8 Å². The summed E-state index contributed by atoms with van der Waals surface area (Å²) < 4.78 is 31.2. The van der Waals surface area contributed by atoms with Crippen molar-refractivity contribution in [2.45, 2.75) is 30.8 Å². The zero-order valence-corrected chi connectivity index (χ0v) is 17.7. The van der Waals surface area contributed by atoms with Crippen LogP contribution in [0.3, 0.4) is 0 Å². The molecule has 1 heterocycles. The molecule has 1 aliphatic rings. The van der Waals surface area contributed by atoms with Gasteiger partial charge >= 0.3 is 12.0 Å². The lowest BCUT2D eigenvalue weighted by atomic mass is 10.1. The van der Waals surface area contributed by atoms with Crippen molar-refractivity contribution in [3.8, 4) is 0 Å². The van der Waals surface area contributed by atoms with Crippen LogP contribution in [0.1, 0.15) is 30.1 Å². The van der Waals surface area contributed by atoms with E-state index in [9.17, 15) is 22.8 Å². The average molecular weight is 426 g/mol. The molecule has 0 spiro atoms. The van der Waals surface area contributed by atoms with Gasteiger partial charge < -0.3 is 15.0 Å². The van der Waals surface area contributed by atoms with Gasteiger partial charge in [0.2, 0.25) is 10.0 Å². The van der Waals surface area contributed by atoms with Crippen molar-refractivity contribution in [2.75, 3.05) is 39.1 Å². The quantitative estimate of drug-likeness (QED) is 0.636. The molecule has 1 aromatic carbocycles. The van der Waals surface area contributed by atoms with Gasteiger partial charge in [0.1, 0.15) is 0 Å². The summed E-state index contributed by atoms with van der Waals surface area (Å²) in [7, 11) is 0.375. The topological polar surface area (TPSA) is 125 Å². The molecule has 1 saturated heterocycles. The maximum atomic E-state index is 12.8. The molecular weight excluding hydrogens is 400 g/mol. The highest BCUT2D eigenvalue weighted by Gasteiger charge is 2.27. The molecule has 0 radical (unpaired) electrons. The first-order valence-corrected chi connectivity index (χ1v) is 10.6. The van der Waals surface area contributed by atoms with Crippen LogP contribution in [0, 0.1) is 0 Å². The maximum Gasteiger partial charge on any atom is 0.341 e. The predicted octanol–water partition coefficient (Wildman–Crippen LogP) is 0.538. The summed E-state index contributed by atoms with van der Waals surface area (Å²) in [4.78, 5) is 38.0. The Morgan fingerprint density at radius 3 is 2.34 bits per heavy atom. The molecule has 11 heteroatoms. The lowest BCUT2D eigenvalue weighted by molar-refractivity contribution is -0.127. The van der Waals surface area contributed by atoms with Crippen molar-refractivity contribution in [1.82, 2.24) is 14.9 Å². The summed E-state index contributed by atoms with van der Waals surface area (Å²) >= 11 is 0. The lowest BCUT2D eigenvalue weighted by Gasteiger charge is -2.22. The summed E-state index contributed by atoms with van der Waals surface area (Å²) in [6, 6.07) is 3.55. The summed E-state index contributed by atoms with van der Waals surface area (Å²) in [6.07, 6.45) is 0.661. The monoisotopic (exact) mass is 426 g/mol. The number of nitrogens with zero attached hydrogens (tertiary/aromatic N) is 2. The van der Waals surface area contributed by atoms with Gasteiger partial charge in [0.15, 0.2) is 6.10 Å². The van der Waals surface area contributed by atoms with E-state index in [0.717, 1.165) is 30.2 Å². The molecule has 10 nitrogen and oxygen atoms in total. The van der Waals surface area contributed by atoms with E-state index in [4.69, 9.17) is 4.74 Å². The van der Waals surface area contributed by atoms with Crippen LogP contribution in [0.2, 0.25) is 0 Å². The number of rotatable bonds is 6. The average Bonchev–Trinajstić information content (AvgIpc) is 3.21. The number of carbonyl (C=O) groups is 3. The van der Waals surface area contributed by atoms with Crippen molar-refractivity contribution < 1.29 is 27.5 Å². The number of anilines is 1. The number of imide groups is 1. The van der Waals surface area contributed by atoms with E-state index in [-0.39, 0.29) is 10.5 Å². The second-order valence-corrected chi connectivity index (χ2v) is 8.93. The fourth-order valence-electron chi connectivity index (χ4n) is 2.84. The largest absolute Gasteiger partial charge is 0.449 e. The van der Waals surface area contributed by atoms with Crippen LogP contribution < -0.4 is 15.5 Å². The smallest absolute Gasteiger partial charge is 0.341 e. The molecule has 160 valence electrons. The zero-order chi connectivity index (χ0) is 21.8. The number of urea groups is 1. The van der Waals surface area contributed by atoms with Crippen molar-refractivity contribution in [2.24, 2.45) is 0 Å². The third-order valence-electron chi connectivity index (χ3n) is 4.53. The highest BCUT2D eigenvalue weighted by atomic mass is 32.2. The van der Waals surface area contributed by atoms with Gasteiger partial charge in [0.25, 0.3) is 5.91 Å². The van der Waals surface area contributed by atoms with Crippen LogP contribution in [0.5, 0.6) is 0 Å². The molecule has 3 amide bonds. The third-order valence-corrected chi connectivity index (χ3v) is 6.34. The summed E-state index contributed by atoms with van der Waals surface area (Å²) in [5.41, 5.74) is 0.596. The van der Waals surface area contributed by atoms with Crippen LogP contribution in [0.15, 0.2) is 23.1 Å². The first-order chi connectivity index (χ1) is 13.6. The Labute approximate surface area is 170 Å². The van der Waals surface area contributed by atoms with E-state index in [2.05, 4.69) is 5.32 Å². The molecule has 0 unspecified atom stereocenters. The van der Waals surface area contributed by atoms with Gasteiger partial charge in [-0.3, -0.25) is 10.1 Å². The Bertz CT molecular complexity index is 894. The molecule has 1 aromatic rings. The molecule has 0 bridgehead atoms. The highest BCUT2D eigenvalue weighted by molar-refractivity contribution is 7.89. The number of hydrogen-bond donors (Lipinski definition) is 2. The second-order valence-electron chi connectivity index (χ2n) is 6.78. The van der Waals surface area contributed by atoms with Crippen molar-refractivity contribution >= 4 is 33.6 Å². The highest BCUT2D eigenvalue weighted by Crippen LogP contribution is 2.29. The Kier molecular flexibility index (Phi) is 7.20. The number of hydrogen-bond acceptors (Lipinski definition) is 7. The van der Waals surface area contributed by atoms with Crippen molar-refractivity contribution in [1.29, 1.82) is 0 Å². The Hall–Kier alpha value is -2.66. The number of carbonyl (C=O) groups excluding carboxylic acids is 3. The van der Waals surface area contributed by atoms with Gasteiger partial charge in [0.05, 0.1) is 16.1 Å².